The molecular formula is C13H17N3O4S. The Labute approximate surface area is 123 Å². The Morgan fingerprint density at radius 2 is 1.95 bits per heavy atom. The maximum Gasteiger partial charge on any atom is 0.265 e. The molecule has 0 amide bonds. The van der Waals surface area contributed by atoms with E-state index >= 15 is 0 Å². The van der Waals surface area contributed by atoms with Gasteiger partial charge in [0.05, 0.1) is 25.6 Å². The van der Waals surface area contributed by atoms with Crippen LogP contribution in [-0.2, 0) is 17.1 Å². The van der Waals surface area contributed by atoms with Crippen LogP contribution < -0.4 is 14.2 Å². The second-order valence-electron chi connectivity index (χ2n) is 4.42. The topological polar surface area (TPSA) is 82.5 Å². The van der Waals surface area contributed by atoms with Gasteiger partial charge in [-0.25, -0.2) is 8.42 Å². The third-order valence-corrected chi connectivity index (χ3v) is 4.38. The number of methoxy groups -OCH3 is 2. The van der Waals surface area contributed by atoms with Crippen molar-refractivity contribution >= 4 is 15.7 Å². The third kappa shape index (κ3) is 3.10. The summed E-state index contributed by atoms with van der Waals surface area (Å²) in [6.45, 7) is 1.64. The van der Waals surface area contributed by atoms with Crippen LogP contribution >= 0.6 is 0 Å². The Balaban J connectivity index is 2.43. The van der Waals surface area contributed by atoms with Crippen molar-refractivity contribution in [3.05, 3.63) is 30.1 Å². The molecule has 114 valence electrons. The quantitative estimate of drug-likeness (QED) is 0.906. The van der Waals surface area contributed by atoms with E-state index in [2.05, 4.69) is 9.82 Å². The van der Waals surface area contributed by atoms with Gasteiger partial charge in [-0.05, 0) is 19.1 Å². The molecule has 0 aliphatic carbocycles. The first-order chi connectivity index (χ1) is 9.87. The first-order valence-electron chi connectivity index (χ1n) is 6.12. The first kappa shape index (κ1) is 15.2. The third-order valence-electron chi connectivity index (χ3n) is 2.91. The molecule has 1 heterocycles. The van der Waals surface area contributed by atoms with Gasteiger partial charge >= 0.3 is 0 Å². The second kappa shape index (κ2) is 5.65. The molecule has 0 aliphatic heterocycles. The van der Waals surface area contributed by atoms with Crippen LogP contribution in [0, 0.1) is 6.92 Å². The minimum atomic E-state index is -3.75. The smallest absolute Gasteiger partial charge is 0.265 e. The Morgan fingerprint density at radius 1 is 1.24 bits per heavy atom. The summed E-state index contributed by atoms with van der Waals surface area (Å²) < 4.78 is 39.1. The van der Waals surface area contributed by atoms with Crippen molar-refractivity contribution < 1.29 is 17.9 Å². The van der Waals surface area contributed by atoms with Gasteiger partial charge in [0.15, 0.2) is 0 Å². The van der Waals surface area contributed by atoms with Crippen molar-refractivity contribution in [2.75, 3.05) is 18.9 Å². The van der Waals surface area contributed by atoms with Crippen molar-refractivity contribution in [2.24, 2.45) is 7.05 Å². The Morgan fingerprint density at radius 3 is 2.48 bits per heavy atom. The number of aryl methyl sites for hydroxylation is 2. The zero-order chi connectivity index (χ0) is 15.6. The summed E-state index contributed by atoms with van der Waals surface area (Å²) in [6.07, 6.45) is 1.45. The molecule has 0 aliphatic rings. The van der Waals surface area contributed by atoms with E-state index in [-0.39, 0.29) is 4.90 Å². The molecule has 1 aromatic carbocycles. The first-order valence-corrected chi connectivity index (χ1v) is 7.61. The van der Waals surface area contributed by atoms with Gasteiger partial charge in [0.25, 0.3) is 10.0 Å². The molecule has 0 fully saturated rings. The van der Waals surface area contributed by atoms with Gasteiger partial charge in [-0.3, -0.25) is 9.40 Å². The highest BCUT2D eigenvalue weighted by atomic mass is 32.2. The standard InChI is InChI=1S/C13H17N3O4S/c1-9-13(8-16(2)14-9)21(17,18)15-11-7-10(19-3)5-6-12(11)20-4/h5-8,15H,1-4H3. The molecule has 0 unspecified atom stereocenters. The lowest BCUT2D eigenvalue weighted by molar-refractivity contribution is 0.405. The van der Waals surface area contributed by atoms with Crippen molar-refractivity contribution in [3.63, 3.8) is 0 Å². The summed E-state index contributed by atoms with van der Waals surface area (Å²) >= 11 is 0. The molecule has 0 atom stereocenters. The van der Waals surface area contributed by atoms with E-state index in [1.807, 2.05) is 0 Å². The van der Waals surface area contributed by atoms with Crippen molar-refractivity contribution in [3.8, 4) is 11.5 Å². The van der Waals surface area contributed by atoms with Crippen LogP contribution in [-0.4, -0.2) is 32.4 Å². The SMILES string of the molecule is COc1ccc(OC)c(NS(=O)(=O)c2cn(C)nc2C)c1. The number of nitrogens with one attached hydrogen (secondary N) is 1. The Bertz CT molecular complexity index is 753. The minimum absolute atomic E-state index is 0.120. The number of hydrogen-bond donors (Lipinski definition) is 1. The zero-order valence-electron chi connectivity index (χ0n) is 12.2. The number of anilines is 1. The van der Waals surface area contributed by atoms with Crippen LogP contribution in [0.15, 0.2) is 29.3 Å². The van der Waals surface area contributed by atoms with E-state index in [0.717, 1.165) is 0 Å². The molecule has 0 spiro atoms. The summed E-state index contributed by atoms with van der Waals surface area (Å²) in [7, 11) is 0.888. The normalized spacial score (nSPS) is 11.2. The average molecular weight is 311 g/mol. The van der Waals surface area contributed by atoms with E-state index in [1.54, 1.807) is 32.2 Å². The predicted octanol–water partition coefficient (Wildman–Crippen LogP) is 1.55. The van der Waals surface area contributed by atoms with Gasteiger partial charge in [0.1, 0.15) is 16.4 Å². The maximum absolute atomic E-state index is 12.4. The Kier molecular flexibility index (Phi) is 4.08. The summed E-state index contributed by atoms with van der Waals surface area (Å²) in [5.74, 6) is 0.928. The van der Waals surface area contributed by atoms with E-state index in [9.17, 15) is 8.42 Å². The zero-order valence-corrected chi connectivity index (χ0v) is 13.1. The van der Waals surface area contributed by atoms with Crippen LogP contribution in [0.4, 0.5) is 5.69 Å². The van der Waals surface area contributed by atoms with Crippen LogP contribution in [0.1, 0.15) is 5.69 Å². The van der Waals surface area contributed by atoms with Crippen LogP contribution in [0.25, 0.3) is 0 Å². The molecule has 2 aromatic rings. The van der Waals surface area contributed by atoms with Gasteiger partial charge in [0, 0.05) is 19.3 Å². The van der Waals surface area contributed by atoms with Crippen LogP contribution in [0.5, 0.6) is 11.5 Å². The Hall–Kier alpha value is -2.22. The van der Waals surface area contributed by atoms with E-state index < -0.39 is 10.0 Å². The molecule has 0 bridgehead atoms. The molecule has 0 radical (unpaired) electrons. The van der Waals surface area contributed by atoms with Gasteiger partial charge in [0.2, 0.25) is 0 Å². The average Bonchev–Trinajstić information content (AvgIpc) is 2.78. The number of hydrogen-bond acceptors (Lipinski definition) is 5. The summed E-state index contributed by atoms with van der Waals surface area (Å²) in [5, 5.41) is 4.04. The van der Waals surface area contributed by atoms with Gasteiger partial charge < -0.3 is 9.47 Å². The van der Waals surface area contributed by atoms with Crippen LogP contribution in [0.3, 0.4) is 0 Å². The monoisotopic (exact) mass is 311 g/mol. The lowest BCUT2D eigenvalue weighted by Crippen LogP contribution is -2.14. The fourth-order valence-electron chi connectivity index (χ4n) is 1.94. The summed E-state index contributed by atoms with van der Waals surface area (Å²) in [4.78, 5) is 0.120. The highest BCUT2D eigenvalue weighted by molar-refractivity contribution is 7.92. The number of benzene rings is 1. The van der Waals surface area contributed by atoms with Gasteiger partial charge in [-0.1, -0.05) is 0 Å². The van der Waals surface area contributed by atoms with E-state index in [4.69, 9.17) is 9.47 Å². The van der Waals surface area contributed by atoms with Gasteiger partial charge in [-0.15, -0.1) is 0 Å². The molecule has 8 heteroatoms. The molecule has 21 heavy (non-hydrogen) atoms. The van der Waals surface area contributed by atoms with Crippen molar-refractivity contribution in [2.45, 2.75) is 11.8 Å². The van der Waals surface area contributed by atoms with Crippen molar-refractivity contribution in [1.82, 2.24) is 9.78 Å². The minimum Gasteiger partial charge on any atom is -0.497 e. The molecule has 2 rings (SSSR count). The maximum atomic E-state index is 12.4. The molecule has 0 saturated carbocycles. The summed E-state index contributed by atoms with van der Waals surface area (Å²) in [6, 6.07) is 4.88. The number of sulfonamides is 1. The largest absolute Gasteiger partial charge is 0.497 e. The molecular weight excluding hydrogens is 294 g/mol. The highest BCUT2D eigenvalue weighted by Gasteiger charge is 2.21. The number of aromatic nitrogens is 2. The number of ether oxygens (including phenoxy) is 2. The second-order valence-corrected chi connectivity index (χ2v) is 6.07. The molecule has 0 saturated heterocycles. The van der Waals surface area contributed by atoms with Crippen LogP contribution in [0.2, 0.25) is 0 Å². The van der Waals surface area contributed by atoms with E-state index in [1.165, 1.54) is 25.1 Å². The fraction of sp³-hybridized carbons (Fsp3) is 0.308. The lowest BCUT2D eigenvalue weighted by Gasteiger charge is -2.12. The number of nitrogens with zero attached hydrogens (tertiary/aromatic N) is 2. The van der Waals surface area contributed by atoms with Gasteiger partial charge in [-0.2, -0.15) is 5.10 Å². The van der Waals surface area contributed by atoms with E-state index in [0.29, 0.717) is 22.9 Å². The number of rotatable bonds is 5. The molecule has 1 N–H and O–H groups in total. The molecule has 1 aromatic heterocycles. The van der Waals surface area contributed by atoms with Crippen molar-refractivity contribution in [1.29, 1.82) is 0 Å². The molecule has 7 nitrogen and oxygen atoms in total. The predicted molar refractivity (Wildman–Crippen MR) is 78.3 cm³/mol. The fourth-order valence-corrected chi connectivity index (χ4v) is 3.22. The lowest BCUT2D eigenvalue weighted by atomic mass is 10.3. The highest BCUT2D eigenvalue weighted by Crippen LogP contribution is 2.31. The summed E-state index contributed by atoms with van der Waals surface area (Å²) in [5.41, 5.74) is 0.729.